The Balaban J connectivity index is 1.43. The summed E-state index contributed by atoms with van der Waals surface area (Å²) in [5.74, 6) is 1.64. The average Bonchev–Trinajstić information content (AvgIpc) is 2.96. The van der Waals surface area contributed by atoms with Crippen LogP contribution in [0.1, 0.15) is 22.7 Å². The molecular weight excluding hydrogens is 322 g/mol. The monoisotopic (exact) mass is 343 g/mol. The maximum Gasteiger partial charge on any atom is 0.276 e. The molecule has 4 rings (SSSR count). The summed E-state index contributed by atoms with van der Waals surface area (Å²) in [6.07, 6.45) is 4.43. The van der Waals surface area contributed by atoms with Crippen LogP contribution < -0.4 is 4.90 Å². The van der Waals surface area contributed by atoms with E-state index in [1.807, 2.05) is 11.0 Å². The molecular formula is C17H21N5O3. The van der Waals surface area contributed by atoms with E-state index in [0.29, 0.717) is 37.1 Å². The number of ether oxygens (including phenoxy) is 1. The van der Waals surface area contributed by atoms with Crippen molar-refractivity contribution in [1.29, 1.82) is 0 Å². The highest BCUT2D eigenvalue weighted by Crippen LogP contribution is 2.26. The van der Waals surface area contributed by atoms with Crippen LogP contribution in [0.2, 0.25) is 0 Å². The Labute approximate surface area is 145 Å². The van der Waals surface area contributed by atoms with E-state index >= 15 is 0 Å². The number of amides is 1. The second kappa shape index (κ2) is 6.79. The number of likely N-dealkylation sites (tertiary alicyclic amines) is 1. The van der Waals surface area contributed by atoms with Crippen LogP contribution in [0.4, 0.5) is 5.95 Å². The summed E-state index contributed by atoms with van der Waals surface area (Å²) < 4.78 is 11.1. The Bertz CT molecular complexity index is 735. The van der Waals surface area contributed by atoms with E-state index in [9.17, 15) is 4.79 Å². The number of aryl methyl sites for hydroxylation is 1. The van der Waals surface area contributed by atoms with Crippen molar-refractivity contribution < 1.29 is 14.1 Å². The van der Waals surface area contributed by atoms with Crippen LogP contribution in [0.15, 0.2) is 29.0 Å². The summed E-state index contributed by atoms with van der Waals surface area (Å²) in [4.78, 5) is 25.2. The van der Waals surface area contributed by atoms with Crippen LogP contribution >= 0.6 is 0 Å². The van der Waals surface area contributed by atoms with Crippen molar-refractivity contribution in [3.8, 4) is 0 Å². The molecule has 2 aromatic rings. The molecule has 25 heavy (non-hydrogen) atoms. The predicted octanol–water partition coefficient (Wildman–Crippen LogP) is 1.14. The second-order valence-electron chi connectivity index (χ2n) is 6.53. The Kier molecular flexibility index (Phi) is 4.35. The molecule has 0 spiro atoms. The third-order valence-corrected chi connectivity index (χ3v) is 4.81. The molecule has 8 heteroatoms. The zero-order valence-corrected chi connectivity index (χ0v) is 14.2. The SMILES string of the molecule is Cc1cc(C(=O)N2CC[C@H]3CN(c4ncccn4)CCO[C@H]3C2)no1. The minimum Gasteiger partial charge on any atom is -0.374 e. The van der Waals surface area contributed by atoms with Gasteiger partial charge in [-0.05, 0) is 19.4 Å². The highest BCUT2D eigenvalue weighted by molar-refractivity contribution is 5.92. The fourth-order valence-corrected chi connectivity index (χ4v) is 3.50. The van der Waals surface area contributed by atoms with Crippen LogP contribution in [-0.2, 0) is 4.74 Å². The molecule has 4 heterocycles. The fraction of sp³-hybridized carbons (Fsp3) is 0.529. The van der Waals surface area contributed by atoms with Crippen LogP contribution in [0.5, 0.6) is 0 Å². The number of rotatable bonds is 2. The third-order valence-electron chi connectivity index (χ3n) is 4.81. The zero-order chi connectivity index (χ0) is 17.2. The Morgan fingerprint density at radius 3 is 2.84 bits per heavy atom. The summed E-state index contributed by atoms with van der Waals surface area (Å²) in [6, 6.07) is 3.49. The molecule has 1 amide bonds. The van der Waals surface area contributed by atoms with Gasteiger partial charge >= 0.3 is 0 Å². The molecule has 0 aromatic carbocycles. The molecule has 2 fully saturated rings. The number of aromatic nitrogens is 3. The maximum atomic E-state index is 12.6. The highest BCUT2D eigenvalue weighted by Gasteiger charge is 2.36. The quantitative estimate of drug-likeness (QED) is 0.808. The Hall–Kier alpha value is -2.48. The van der Waals surface area contributed by atoms with Gasteiger partial charge in [0.15, 0.2) is 5.69 Å². The number of fused-ring (bicyclic) bond motifs is 1. The van der Waals surface area contributed by atoms with Crippen molar-refractivity contribution in [2.45, 2.75) is 19.4 Å². The molecule has 132 valence electrons. The van der Waals surface area contributed by atoms with Gasteiger partial charge in [-0.15, -0.1) is 0 Å². The minimum atomic E-state index is -0.0913. The maximum absolute atomic E-state index is 12.6. The summed E-state index contributed by atoms with van der Waals surface area (Å²) >= 11 is 0. The lowest BCUT2D eigenvalue weighted by molar-refractivity contribution is -0.0171. The van der Waals surface area contributed by atoms with Gasteiger partial charge < -0.3 is 19.1 Å². The van der Waals surface area contributed by atoms with E-state index in [2.05, 4.69) is 20.0 Å². The number of carbonyl (C=O) groups is 1. The lowest BCUT2D eigenvalue weighted by atomic mass is 9.93. The van der Waals surface area contributed by atoms with Gasteiger partial charge in [0.25, 0.3) is 5.91 Å². The fourth-order valence-electron chi connectivity index (χ4n) is 3.50. The van der Waals surface area contributed by atoms with Gasteiger partial charge in [0.2, 0.25) is 5.95 Å². The Morgan fingerprint density at radius 1 is 1.24 bits per heavy atom. The molecule has 8 nitrogen and oxygen atoms in total. The number of carbonyl (C=O) groups excluding carboxylic acids is 1. The lowest BCUT2D eigenvalue weighted by Gasteiger charge is -2.37. The number of hydrogen-bond acceptors (Lipinski definition) is 7. The summed E-state index contributed by atoms with van der Waals surface area (Å²) in [7, 11) is 0. The first-order valence-corrected chi connectivity index (χ1v) is 8.57. The van der Waals surface area contributed by atoms with Crippen LogP contribution in [-0.4, -0.2) is 64.8 Å². The van der Waals surface area contributed by atoms with E-state index in [0.717, 1.165) is 25.5 Å². The van der Waals surface area contributed by atoms with Gasteiger partial charge in [-0.1, -0.05) is 5.16 Å². The van der Waals surface area contributed by atoms with Gasteiger partial charge in [-0.3, -0.25) is 4.79 Å². The third kappa shape index (κ3) is 3.34. The van der Waals surface area contributed by atoms with Crippen molar-refractivity contribution >= 4 is 11.9 Å². The second-order valence-corrected chi connectivity index (χ2v) is 6.53. The summed E-state index contributed by atoms with van der Waals surface area (Å²) in [5, 5.41) is 3.83. The first kappa shape index (κ1) is 16.0. The van der Waals surface area contributed by atoms with Gasteiger partial charge in [0.1, 0.15) is 5.76 Å². The molecule has 0 N–H and O–H groups in total. The largest absolute Gasteiger partial charge is 0.374 e. The van der Waals surface area contributed by atoms with Crippen LogP contribution in [0.3, 0.4) is 0 Å². The molecule has 2 aliphatic heterocycles. The summed E-state index contributed by atoms with van der Waals surface area (Å²) in [5.41, 5.74) is 0.365. The summed E-state index contributed by atoms with van der Waals surface area (Å²) in [6.45, 7) is 5.26. The molecule has 2 atom stereocenters. The normalized spacial score (nSPS) is 23.9. The van der Waals surface area contributed by atoms with Gasteiger partial charge in [0, 0.05) is 50.6 Å². The molecule has 2 saturated heterocycles. The van der Waals surface area contributed by atoms with Crippen LogP contribution in [0, 0.1) is 12.8 Å². The Morgan fingerprint density at radius 2 is 2.08 bits per heavy atom. The minimum absolute atomic E-state index is 0.0272. The van der Waals surface area contributed by atoms with Crippen molar-refractivity contribution in [2.75, 3.05) is 37.7 Å². The molecule has 0 bridgehead atoms. The molecule has 2 aliphatic rings. The van der Waals surface area contributed by atoms with E-state index in [1.165, 1.54) is 0 Å². The predicted molar refractivity (Wildman–Crippen MR) is 89.2 cm³/mol. The van der Waals surface area contributed by atoms with E-state index in [4.69, 9.17) is 9.26 Å². The van der Waals surface area contributed by atoms with Crippen LogP contribution in [0.25, 0.3) is 0 Å². The topological polar surface area (TPSA) is 84.6 Å². The van der Waals surface area contributed by atoms with Gasteiger partial charge in [-0.2, -0.15) is 0 Å². The van der Waals surface area contributed by atoms with E-state index < -0.39 is 0 Å². The molecule has 0 saturated carbocycles. The first-order chi connectivity index (χ1) is 12.2. The molecule has 0 unspecified atom stereocenters. The standard InChI is InChI=1S/C17H21N5O3/c1-12-9-14(20-25-12)16(23)21-6-3-13-10-22(7-8-24-15(13)11-21)17-18-4-2-5-19-17/h2,4-5,9,13,15H,3,6-8,10-11H2,1H3/t13-,15-/m0/s1. The highest BCUT2D eigenvalue weighted by atomic mass is 16.5. The zero-order valence-electron chi connectivity index (χ0n) is 14.2. The lowest BCUT2D eigenvalue weighted by Crippen LogP contribution is -2.49. The van der Waals surface area contributed by atoms with Crippen molar-refractivity contribution in [2.24, 2.45) is 5.92 Å². The average molecular weight is 343 g/mol. The van der Waals surface area contributed by atoms with E-state index in [-0.39, 0.29) is 12.0 Å². The molecule has 0 radical (unpaired) electrons. The first-order valence-electron chi connectivity index (χ1n) is 8.57. The van der Waals surface area contributed by atoms with Crippen molar-refractivity contribution in [3.05, 3.63) is 36.0 Å². The van der Waals surface area contributed by atoms with E-state index in [1.54, 1.807) is 25.4 Å². The smallest absolute Gasteiger partial charge is 0.276 e. The van der Waals surface area contributed by atoms with Crippen molar-refractivity contribution in [1.82, 2.24) is 20.0 Å². The number of piperidine rings is 1. The van der Waals surface area contributed by atoms with Crippen molar-refractivity contribution in [3.63, 3.8) is 0 Å². The van der Waals surface area contributed by atoms with Gasteiger partial charge in [-0.25, -0.2) is 9.97 Å². The molecule has 0 aliphatic carbocycles. The van der Waals surface area contributed by atoms with Gasteiger partial charge in [0.05, 0.1) is 12.7 Å². The number of anilines is 1. The number of nitrogens with zero attached hydrogens (tertiary/aromatic N) is 5. The molecule has 2 aromatic heterocycles. The number of hydrogen-bond donors (Lipinski definition) is 0.